The SMILES string of the molecule is CC(C)(C)Cc1ccc(C2CCNCC2)c(CN)c1. The van der Waals surface area contributed by atoms with Gasteiger partial charge in [-0.15, -0.1) is 0 Å². The molecule has 3 N–H and O–H groups in total. The molecule has 1 fully saturated rings. The van der Waals surface area contributed by atoms with E-state index in [1.807, 2.05) is 0 Å². The zero-order valence-electron chi connectivity index (χ0n) is 12.6. The summed E-state index contributed by atoms with van der Waals surface area (Å²) in [6.45, 7) is 9.80. The Morgan fingerprint density at radius 1 is 1.21 bits per heavy atom. The summed E-state index contributed by atoms with van der Waals surface area (Å²) in [5, 5.41) is 3.43. The predicted octanol–water partition coefficient (Wildman–Crippen LogP) is 3.20. The lowest BCUT2D eigenvalue weighted by Crippen LogP contribution is -2.27. The second kappa shape index (κ2) is 6.06. The van der Waals surface area contributed by atoms with Crippen molar-refractivity contribution < 1.29 is 0 Å². The van der Waals surface area contributed by atoms with Crippen molar-refractivity contribution in [2.45, 2.75) is 52.5 Å². The highest BCUT2D eigenvalue weighted by Crippen LogP contribution is 2.30. The standard InChI is InChI=1S/C17H28N2/c1-17(2,3)11-13-4-5-16(15(10-13)12-18)14-6-8-19-9-7-14/h4-5,10,14,19H,6-9,11-12,18H2,1-3H3. The van der Waals surface area contributed by atoms with Crippen molar-refractivity contribution in [3.63, 3.8) is 0 Å². The van der Waals surface area contributed by atoms with Crippen LogP contribution in [0, 0.1) is 5.41 Å². The van der Waals surface area contributed by atoms with Gasteiger partial charge >= 0.3 is 0 Å². The molecule has 0 unspecified atom stereocenters. The predicted molar refractivity (Wildman–Crippen MR) is 82.3 cm³/mol. The Balaban J connectivity index is 2.20. The highest BCUT2D eigenvalue weighted by atomic mass is 14.9. The van der Waals surface area contributed by atoms with Crippen molar-refractivity contribution >= 4 is 0 Å². The highest BCUT2D eigenvalue weighted by molar-refractivity contribution is 5.35. The van der Waals surface area contributed by atoms with Gasteiger partial charge in [0.05, 0.1) is 0 Å². The minimum atomic E-state index is 0.335. The minimum absolute atomic E-state index is 0.335. The third-order valence-electron chi connectivity index (χ3n) is 3.94. The fourth-order valence-corrected chi connectivity index (χ4v) is 3.09. The van der Waals surface area contributed by atoms with Crippen LogP contribution < -0.4 is 11.1 Å². The Bertz CT molecular complexity index is 412. The number of hydrogen-bond acceptors (Lipinski definition) is 2. The Hall–Kier alpha value is -0.860. The molecular weight excluding hydrogens is 232 g/mol. The van der Waals surface area contributed by atoms with Gasteiger partial charge in [-0.1, -0.05) is 39.0 Å². The lowest BCUT2D eigenvalue weighted by Gasteiger charge is -2.26. The van der Waals surface area contributed by atoms with Crippen molar-refractivity contribution in [2.24, 2.45) is 11.1 Å². The average Bonchev–Trinajstić information content (AvgIpc) is 2.37. The number of nitrogens with one attached hydrogen (secondary N) is 1. The summed E-state index contributed by atoms with van der Waals surface area (Å²) in [5.74, 6) is 0.698. The molecule has 1 aromatic rings. The molecule has 0 spiro atoms. The topological polar surface area (TPSA) is 38.0 Å². The molecule has 1 aromatic carbocycles. The molecule has 2 nitrogen and oxygen atoms in total. The summed E-state index contributed by atoms with van der Waals surface area (Å²) < 4.78 is 0. The molecule has 106 valence electrons. The van der Waals surface area contributed by atoms with Crippen LogP contribution in [-0.2, 0) is 13.0 Å². The molecule has 0 amide bonds. The molecule has 19 heavy (non-hydrogen) atoms. The van der Waals surface area contributed by atoms with Crippen LogP contribution in [0.1, 0.15) is 56.2 Å². The van der Waals surface area contributed by atoms with E-state index in [9.17, 15) is 0 Å². The van der Waals surface area contributed by atoms with E-state index in [1.165, 1.54) is 29.5 Å². The number of rotatable bonds is 3. The van der Waals surface area contributed by atoms with Gasteiger partial charge in [-0.3, -0.25) is 0 Å². The van der Waals surface area contributed by atoms with Crippen LogP contribution in [0.2, 0.25) is 0 Å². The van der Waals surface area contributed by atoms with Gasteiger partial charge in [0, 0.05) is 6.54 Å². The maximum atomic E-state index is 5.97. The second-order valence-electron chi connectivity index (χ2n) is 7.00. The largest absolute Gasteiger partial charge is 0.326 e. The van der Waals surface area contributed by atoms with Crippen molar-refractivity contribution in [2.75, 3.05) is 13.1 Å². The zero-order valence-corrected chi connectivity index (χ0v) is 12.6. The summed E-state index contributed by atoms with van der Waals surface area (Å²) in [6, 6.07) is 6.98. The number of hydrogen-bond donors (Lipinski definition) is 2. The van der Waals surface area contributed by atoms with Crippen LogP contribution >= 0.6 is 0 Å². The van der Waals surface area contributed by atoms with E-state index in [1.54, 1.807) is 0 Å². The van der Waals surface area contributed by atoms with E-state index in [0.717, 1.165) is 19.5 Å². The Kier molecular flexibility index (Phi) is 4.64. The van der Waals surface area contributed by atoms with Crippen LogP contribution in [-0.4, -0.2) is 13.1 Å². The van der Waals surface area contributed by atoms with Crippen LogP contribution in [0.4, 0.5) is 0 Å². The van der Waals surface area contributed by atoms with Gasteiger partial charge in [0.25, 0.3) is 0 Å². The Labute approximate surface area is 117 Å². The van der Waals surface area contributed by atoms with Crippen LogP contribution in [0.15, 0.2) is 18.2 Å². The summed E-state index contributed by atoms with van der Waals surface area (Å²) >= 11 is 0. The fourth-order valence-electron chi connectivity index (χ4n) is 3.09. The van der Waals surface area contributed by atoms with Gasteiger partial charge in [-0.25, -0.2) is 0 Å². The maximum absolute atomic E-state index is 5.97. The second-order valence-corrected chi connectivity index (χ2v) is 7.00. The van der Waals surface area contributed by atoms with Gasteiger partial charge < -0.3 is 11.1 Å². The van der Waals surface area contributed by atoms with Gasteiger partial charge in [0.15, 0.2) is 0 Å². The van der Waals surface area contributed by atoms with Crippen molar-refractivity contribution in [1.29, 1.82) is 0 Å². The molecule has 2 heteroatoms. The maximum Gasteiger partial charge on any atom is 0.0181 e. The summed E-state index contributed by atoms with van der Waals surface area (Å²) in [6.07, 6.45) is 3.60. The lowest BCUT2D eigenvalue weighted by molar-refractivity contribution is 0.411. The number of benzene rings is 1. The molecule has 0 bridgehead atoms. The van der Waals surface area contributed by atoms with Gasteiger partial charge in [0.2, 0.25) is 0 Å². The molecule has 1 aliphatic rings. The monoisotopic (exact) mass is 260 g/mol. The molecule has 0 atom stereocenters. The minimum Gasteiger partial charge on any atom is -0.326 e. The van der Waals surface area contributed by atoms with Crippen molar-refractivity contribution in [3.05, 3.63) is 34.9 Å². The number of piperidine rings is 1. The van der Waals surface area contributed by atoms with E-state index in [0.29, 0.717) is 17.9 Å². The first-order valence-electron chi connectivity index (χ1n) is 7.52. The van der Waals surface area contributed by atoms with E-state index in [2.05, 4.69) is 44.3 Å². The highest BCUT2D eigenvalue weighted by Gasteiger charge is 2.19. The van der Waals surface area contributed by atoms with Gasteiger partial charge in [-0.05, 0) is 60.4 Å². The molecule has 0 aliphatic carbocycles. The lowest BCUT2D eigenvalue weighted by atomic mass is 9.83. The summed E-state index contributed by atoms with van der Waals surface area (Å²) in [4.78, 5) is 0. The van der Waals surface area contributed by atoms with Crippen molar-refractivity contribution in [1.82, 2.24) is 5.32 Å². The Morgan fingerprint density at radius 2 is 1.89 bits per heavy atom. The first-order chi connectivity index (χ1) is 8.99. The first-order valence-corrected chi connectivity index (χ1v) is 7.52. The van der Waals surface area contributed by atoms with Crippen LogP contribution in [0.5, 0.6) is 0 Å². The van der Waals surface area contributed by atoms with Crippen molar-refractivity contribution in [3.8, 4) is 0 Å². The zero-order chi connectivity index (χ0) is 13.9. The van der Waals surface area contributed by atoms with E-state index < -0.39 is 0 Å². The third kappa shape index (κ3) is 4.05. The molecular formula is C17H28N2. The van der Waals surface area contributed by atoms with E-state index in [4.69, 9.17) is 5.73 Å². The van der Waals surface area contributed by atoms with Gasteiger partial charge in [-0.2, -0.15) is 0 Å². The molecule has 0 saturated carbocycles. The summed E-state index contributed by atoms with van der Waals surface area (Å²) in [7, 11) is 0. The normalized spacial score (nSPS) is 17.7. The molecule has 1 aliphatic heterocycles. The average molecular weight is 260 g/mol. The number of nitrogens with two attached hydrogens (primary N) is 1. The fraction of sp³-hybridized carbons (Fsp3) is 0.647. The van der Waals surface area contributed by atoms with Crippen LogP contribution in [0.25, 0.3) is 0 Å². The quantitative estimate of drug-likeness (QED) is 0.876. The summed E-state index contributed by atoms with van der Waals surface area (Å²) in [5.41, 5.74) is 10.6. The molecule has 1 saturated heterocycles. The van der Waals surface area contributed by atoms with Gasteiger partial charge in [0.1, 0.15) is 0 Å². The Morgan fingerprint density at radius 3 is 2.47 bits per heavy atom. The van der Waals surface area contributed by atoms with Crippen LogP contribution in [0.3, 0.4) is 0 Å². The third-order valence-corrected chi connectivity index (χ3v) is 3.94. The van der Waals surface area contributed by atoms with E-state index in [-0.39, 0.29) is 0 Å². The first kappa shape index (κ1) is 14.5. The van der Waals surface area contributed by atoms with E-state index >= 15 is 0 Å². The molecule has 2 rings (SSSR count). The molecule has 0 aromatic heterocycles. The molecule has 1 heterocycles. The molecule has 0 radical (unpaired) electrons. The smallest absolute Gasteiger partial charge is 0.0181 e.